The molecular formula is C14H20N2O3. The van der Waals surface area contributed by atoms with Crippen LogP contribution in [0, 0.1) is 10.1 Å². The van der Waals surface area contributed by atoms with Gasteiger partial charge in [0.2, 0.25) is 0 Å². The quantitative estimate of drug-likeness (QED) is 0.450. The van der Waals surface area contributed by atoms with Crippen molar-refractivity contribution in [2.24, 2.45) is 0 Å². The van der Waals surface area contributed by atoms with Crippen LogP contribution in [0.1, 0.15) is 25.7 Å². The molecule has 0 spiro atoms. The summed E-state index contributed by atoms with van der Waals surface area (Å²) in [5.74, 6) is 0.698. The van der Waals surface area contributed by atoms with Crippen LogP contribution in [-0.4, -0.2) is 36.1 Å². The highest BCUT2D eigenvalue weighted by molar-refractivity contribution is 5.35. The van der Waals surface area contributed by atoms with Crippen molar-refractivity contribution in [2.45, 2.75) is 25.7 Å². The number of hydrogen-bond donors (Lipinski definition) is 0. The lowest BCUT2D eigenvalue weighted by molar-refractivity contribution is -0.384. The maximum Gasteiger partial charge on any atom is 0.269 e. The average molecular weight is 264 g/mol. The van der Waals surface area contributed by atoms with E-state index in [1.54, 1.807) is 12.1 Å². The van der Waals surface area contributed by atoms with Gasteiger partial charge in [-0.05, 0) is 44.5 Å². The van der Waals surface area contributed by atoms with Crippen molar-refractivity contribution >= 4 is 5.69 Å². The Morgan fingerprint density at radius 2 is 1.84 bits per heavy atom. The SMILES string of the molecule is O=[N+]([O-])c1ccc(OCCCN2CCCCC2)cc1. The van der Waals surface area contributed by atoms with E-state index >= 15 is 0 Å². The zero-order valence-electron chi connectivity index (χ0n) is 11.1. The van der Waals surface area contributed by atoms with Crippen LogP contribution in [0.4, 0.5) is 5.69 Å². The van der Waals surface area contributed by atoms with Gasteiger partial charge in [0.1, 0.15) is 5.75 Å². The number of nitro groups is 1. The van der Waals surface area contributed by atoms with Crippen LogP contribution >= 0.6 is 0 Å². The van der Waals surface area contributed by atoms with Gasteiger partial charge in [-0.1, -0.05) is 6.42 Å². The molecule has 0 unspecified atom stereocenters. The molecule has 0 atom stereocenters. The largest absolute Gasteiger partial charge is 0.494 e. The minimum Gasteiger partial charge on any atom is -0.494 e. The molecule has 19 heavy (non-hydrogen) atoms. The molecule has 0 bridgehead atoms. The minimum atomic E-state index is -0.403. The van der Waals surface area contributed by atoms with Gasteiger partial charge in [-0.2, -0.15) is 0 Å². The van der Waals surface area contributed by atoms with Crippen molar-refractivity contribution in [2.75, 3.05) is 26.2 Å². The van der Waals surface area contributed by atoms with E-state index in [0.29, 0.717) is 12.4 Å². The Hall–Kier alpha value is -1.62. The van der Waals surface area contributed by atoms with Crippen molar-refractivity contribution in [1.82, 2.24) is 4.90 Å². The molecule has 0 amide bonds. The van der Waals surface area contributed by atoms with E-state index in [2.05, 4.69) is 4.90 Å². The standard InChI is InChI=1S/C14H20N2O3/c17-16(18)13-5-7-14(8-6-13)19-12-4-11-15-9-2-1-3-10-15/h5-8H,1-4,9-12H2. The molecule has 0 N–H and O–H groups in total. The fourth-order valence-electron chi connectivity index (χ4n) is 2.33. The third-order valence-corrected chi connectivity index (χ3v) is 3.38. The van der Waals surface area contributed by atoms with E-state index < -0.39 is 4.92 Å². The molecule has 1 aliphatic heterocycles. The van der Waals surface area contributed by atoms with Crippen molar-refractivity contribution in [3.63, 3.8) is 0 Å². The fraction of sp³-hybridized carbons (Fsp3) is 0.571. The van der Waals surface area contributed by atoms with Gasteiger partial charge in [-0.15, -0.1) is 0 Å². The summed E-state index contributed by atoms with van der Waals surface area (Å²) in [4.78, 5) is 12.6. The van der Waals surface area contributed by atoms with Crippen LogP contribution in [0.5, 0.6) is 5.75 Å². The van der Waals surface area contributed by atoms with Gasteiger partial charge < -0.3 is 9.64 Å². The normalized spacial score (nSPS) is 16.2. The highest BCUT2D eigenvalue weighted by atomic mass is 16.6. The number of hydrogen-bond acceptors (Lipinski definition) is 4. The Bertz CT molecular complexity index is 400. The van der Waals surface area contributed by atoms with Gasteiger partial charge in [-0.25, -0.2) is 0 Å². The van der Waals surface area contributed by atoms with E-state index in [1.807, 2.05) is 0 Å². The number of benzene rings is 1. The maximum atomic E-state index is 10.5. The Kier molecular flexibility index (Phi) is 5.15. The first kappa shape index (κ1) is 13.8. The highest BCUT2D eigenvalue weighted by Gasteiger charge is 2.09. The number of nitrogens with zero attached hydrogens (tertiary/aromatic N) is 2. The molecule has 0 aliphatic carbocycles. The number of likely N-dealkylation sites (tertiary alicyclic amines) is 1. The molecule has 1 fully saturated rings. The van der Waals surface area contributed by atoms with Crippen LogP contribution in [0.3, 0.4) is 0 Å². The predicted octanol–water partition coefficient (Wildman–Crippen LogP) is 2.85. The first-order valence-electron chi connectivity index (χ1n) is 6.85. The van der Waals surface area contributed by atoms with E-state index in [4.69, 9.17) is 4.74 Å². The lowest BCUT2D eigenvalue weighted by atomic mass is 10.1. The molecule has 1 aromatic rings. The predicted molar refractivity (Wildman–Crippen MR) is 73.5 cm³/mol. The van der Waals surface area contributed by atoms with Crippen molar-refractivity contribution < 1.29 is 9.66 Å². The van der Waals surface area contributed by atoms with Gasteiger partial charge in [0.25, 0.3) is 5.69 Å². The Morgan fingerprint density at radius 1 is 1.16 bits per heavy atom. The molecule has 0 aromatic heterocycles. The second kappa shape index (κ2) is 7.09. The monoisotopic (exact) mass is 264 g/mol. The van der Waals surface area contributed by atoms with Gasteiger partial charge in [0.15, 0.2) is 0 Å². The number of non-ortho nitro benzene ring substituents is 1. The number of rotatable bonds is 6. The first-order valence-corrected chi connectivity index (χ1v) is 6.85. The minimum absolute atomic E-state index is 0.0978. The molecule has 2 rings (SSSR count). The molecule has 1 saturated heterocycles. The molecule has 104 valence electrons. The van der Waals surface area contributed by atoms with Crippen molar-refractivity contribution in [3.05, 3.63) is 34.4 Å². The molecule has 1 heterocycles. The summed E-state index contributed by atoms with van der Waals surface area (Å²) in [6, 6.07) is 6.25. The van der Waals surface area contributed by atoms with Gasteiger partial charge in [0.05, 0.1) is 11.5 Å². The van der Waals surface area contributed by atoms with Crippen LogP contribution in [0.25, 0.3) is 0 Å². The third kappa shape index (κ3) is 4.52. The molecule has 1 aliphatic rings. The second-order valence-corrected chi connectivity index (χ2v) is 4.86. The lowest BCUT2D eigenvalue weighted by Gasteiger charge is -2.26. The van der Waals surface area contributed by atoms with E-state index in [0.717, 1.165) is 13.0 Å². The lowest BCUT2D eigenvalue weighted by Crippen LogP contribution is -2.31. The summed E-state index contributed by atoms with van der Waals surface area (Å²) in [5, 5.41) is 10.5. The van der Waals surface area contributed by atoms with E-state index in [-0.39, 0.29) is 5.69 Å². The molecule has 0 radical (unpaired) electrons. The Balaban J connectivity index is 1.66. The van der Waals surface area contributed by atoms with Gasteiger partial charge >= 0.3 is 0 Å². The Morgan fingerprint density at radius 3 is 2.47 bits per heavy atom. The molecular weight excluding hydrogens is 244 g/mol. The van der Waals surface area contributed by atoms with Crippen LogP contribution in [0.2, 0.25) is 0 Å². The summed E-state index contributed by atoms with van der Waals surface area (Å²) in [5.41, 5.74) is 0.0978. The summed E-state index contributed by atoms with van der Waals surface area (Å²) in [6.07, 6.45) is 4.97. The molecule has 5 heteroatoms. The smallest absolute Gasteiger partial charge is 0.269 e. The third-order valence-electron chi connectivity index (χ3n) is 3.38. The fourth-order valence-corrected chi connectivity index (χ4v) is 2.33. The van der Waals surface area contributed by atoms with E-state index in [9.17, 15) is 10.1 Å². The summed E-state index contributed by atoms with van der Waals surface area (Å²) in [6.45, 7) is 4.15. The molecule has 0 saturated carbocycles. The topological polar surface area (TPSA) is 55.6 Å². The summed E-state index contributed by atoms with van der Waals surface area (Å²) < 4.78 is 5.58. The zero-order chi connectivity index (χ0) is 13.5. The highest BCUT2D eigenvalue weighted by Crippen LogP contribution is 2.17. The zero-order valence-corrected chi connectivity index (χ0v) is 11.1. The maximum absolute atomic E-state index is 10.5. The van der Waals surface area contributed by atoms with Crippen LogP contribution in [0.15, 0.2) is 24.3 Å². The van der Waals surface area contributed by atoms with E-state index in [1.165, 1.54) is 44.5 Å². The average Bonchev–Trinajstić information content (AvgIpc) is 2.45. The van der Waals surface area contributed by atoms with Crippen molar-refractivity contribution in [3.8, 4) is 5.75 Å². The number of ether oxygens (including phenoxy) is 1. The summed E-state index contributed by atoms with van der Waals surface area (Å²) in [7, 11) is 0. The number of nitro benzene ring substituents is 1. The molecule has 1 aromatic carbocycles. The van der Waals surface area contributed by atoms with Crippen LogP contribution < -0.4 is 4.74 Å². The van der Waals surface area contributed by atoms with Gasteiger partial charge in [-0.3, -0.25) is 10.1 Å². The van der Waals surface area contributed by atoms with Crippen LogP contribution in [-0.2, 0) is 0 Å². The summed E-state index contributed by atoms with van der Waals surface area (Å²) >= 11 is 0. The molecule has 5 nitrogen and oxygen atoms in total. The number of piperidine rings is 1. The first-order chi connectivity index (χ1) is 9.25. The Labute approximate surface area is 113 Å². The van der Waals surface area contributed by atoms with Crippen molar-refractivity contribution in [1.29, 1.82) is 0 Å². The second-order valence-electron chi connectivity index (χ2n) is 4.86. The van der Waals surface area contributed by atoms with Gasteiger partial charge in [0, 0.05) is 18.7 Å².